The molecule has 1 unspecified atom stereocenters. The van der Waals surface area contributed by atoms with Gasteiger partial charge >= 0.3 is 0 Å². The maximum atomic E-state index is 6.23. The molecule has 1 nitrogen and oxygen atoms in total. The first-order valence-electron chi connectivity index (χ1n) is 6.14. The van der Waals surface area contributed by atoms with Crippen molar-refractivity contribution < 1.29 is 0 Å². The third-order valence-electron chi connectivity index (χ3n) is 3.37. The Morgan fingerprint density at radius 1 is 1.26 bits per heavy atom. The largest absolute Gasteiger partial charge is 0.376 e. The van der Waals surface area contributed by atoms with Gasteiger partial charge in [0.1, 0.15) is 0 Å². The molecule has 1 atom stereocenters. The van der Waals surface area contributed by atoms with Gasteiger partial charge in [-0.15, -0.1) is 11.3 Å². The van der Waals surface area contributed by atoms with Crippen LogP contribution >= 0.6 is 50.5 Å². The molecule has 19 heavy (non-hydrogen) atoms. The van der Waals surface area contributed by atoms with E-state index in [1.165, 1.54) is 27.1 Å². The molecule has 0 spiro atoms. The number of anilines is 1. The van der Waals surface area contributed by atoms with E-state index in [1.54, 1.807) is 0 Å². The fraction of sp³-hybridized carbons (Fsp3) is 0.286. The van der Waals surface area contributed by atoms with Crippen LogP contribution in [-0.2, 0) is 6.42 Å². The number of thiophene rings is 1. The Bertz CT molecular complexity index is 591. The number of para-hydroxylation sites is 1. The molecule has 3 rings (SSSR count). The smallest absolute Gasteiger partial charge is 0.0723 e. The van der Waals surface area contributed by atoms with Gasteiger partial charge in [-0.2, -0.15) is 0 Å². The zero-order valence-electron chi connectivity index (χ0n) is 10.1. The molecule has 0 radical (unpaired) electrons. The van der Waals surface area contributed by atoms with Gasteiger partial charge in [-0.3, -0.25) is 0 Å². The molecule has 1 aromatic heterocycles. The van der Waals surface area contributed by atoms with Gasteiger partial charge in [0.2, 0.25) is 0 Å². The molecule has 0 aliphatic heterocycles. The lowest BCUT2D eigenvalue weighted by atomic mass is 9.94. The Labute approximate surface area is 135 Å². The van der Waals surface area contributed by atoms with Crippen molar-refractivity contribution in [2.24, 2.45) is 0 Å². The molecular formula is C14H12BrCl2NS. The van der Waals surface area contributed by atoms with Crippen LogP contribution in [0.2, 0.25) is 10.0 Å². The summed E-state index contributed by atoms with van der Waals surface area (Å²) in [4.78, 5) is 1.46. The molecule has 5 heteroatoms. The van der Waals surface area contributed by atoms with Crippen molar-refractivity contribution in [3.05, 3.63) is 48.5 Å². The van der Waals surface area contributed by atoms with Crippen LogP contribution in [0.15, 0.2) is 28.1 Å². The van der Waals surface area contributed by atoms with Crippen LogP contribution in [-0.4, -0.2) is 0 Å². The van der Waals surface area contributed by atoms with E-state index in [9.17, 15) is 0 Å². The normalized spacial score (nSPS) is 18.2. The van der Waals surface area contributed by atoms with Gasteiger partial charge < -0.3 is 5.32 Å². The summed E-state index contributed by atoms with van der Waals surface area (Å²) >= 11 is 17.9. The molecule has 0 bridgehead atoms. The molecule has 0 saturated heterocycles. The summed E-state index contributed by atoms with van der Waals surface area (Å²) in [7, 11) is 0. The van der Waals surface area contributed by atoms with Crippen LogP contribution in [0.5, 0.6) is 0 Å². The second kappa shape index (κ2) is 5.65. The van der Waals surface area contributed by atoms with Crippen LogP contribution in [0.1, 0.15) is 29.3 Å². The zero-order valence-corrected chi connectivity index (χ0v) is 14.0. The molecular weight excluding hydrogens is 365 g/mol. The van der Waals surface area contributed by atoms with E-state index in [-0.39, 0.29) is 0 Å². The number of hydrogen-bond acceptors (Lipinski definition) is 2. The summed E-state index contributed by atoms with van der Waals surface area (Å²) in [6, 6.07) is 8.10. The third kappa shape index (κ3) is 2.80. The fourth-order valence-electron chi connectivity index (χ4n) is 2.48. The number of aryl methyl sites for hydroxylation is 1. The van der Waals surface area contributed by atoms with E-state index in [2.05, 4.69) is 27.3 Å². The number of nitrogens with one attached hydrogen (secondary N) is 1. The van der Waals surface area contributed by atoms with Gasteiger partial charge in [-0.05, 0) is 59.0 Å². The molecule has 0 saturated carbocycles. The number of halogens is 3. The summed E-state index contributed by atoms with van der Waals surface area (Å²) in [5.74, 6) is 0. The van der Waals surface area contributed by atoms with E-state index >= 15 is 0 Å². The van der Waals surface area contributed by atoms with Gasteiger partial charge in [-0.1, -0.05) is 29.3 Å². The zero-order chi connectivity index (χ0) is 13.4. The van der Waals surface area contributed by atoms with Gasteiger partial charge in [-0.25, -0.2) is 0 Å². The maximum absolute atomic E-state index is 6.23. The van der Waals surface area contributed by atoms with Crippen LogP contribution in [0.25, 0.3) is 0 Å². The minimum absolute atomic E-state index is 0.295. The first-order valence-corrected chi connectivity index (χ1v) is 8.50. The standard InChI is InChI=1S/C14H12BrCl2NS/c15-13-7-8-11(5-2-6-12(8)19-13)18-14-9(16)3-1-4-10(14)17/h1,3-4,7,11,18H,2,5-6H2. The van der Waals surface area contributed by atoms with Crippen molar-refractivity contribution in [1.29, 1.82) is 0 Å². The first-order chi connectivity index (χ1) is 9.15. The van der Waals surface area contributed by atoms with Crippen molar-refractivity contribution >= 4 is 56.2 Å². The Morgan fingerprint density at radius 2 is 2.00 bits per heavy atom. The summed E-state index contributed by atoms with van der Waals surface area (Å²) in [6.07, 6.45) is 3.47. The van der Waals surface area contributed by atoms with E-state index < -0.39 is 0 Å². The molecule has 1 N–H and O–H groups in total. The Morgan fingerprint density at radius 3 is 2.74 bits per heavy atom. The summed E-state index contributed by atoms with van der Waals surface area (Å²) in [5.41, 5.74) is 2.21. The van der Waals surface area contributed by atoms with Crippen molar-refractivity contribution in [1.82, 2.24) is 0 Å². The Kier molecular flexibility index (Phi) is 4.08. The quantitative estimate of drug-likeness (QED) is 0.647. The van der Waals surface area contributed by atoms with Gasteiger partial charge in [0.15, 0.2) is 0 Å². The highest BCUT2D eigenvalue weighted by Crippen LogP contribution is 2.41. The molecule has 1 aromatic carbocycles. The second-order valence-electron chi connectivity index (χ2n) is 4.61. The average molecular weight is 377 g/mol. The minimum Gasteiger partial charge on any atom is -0.376 e. The van der Waals surface area contributed by atoms with Crippen molar-refractivity contribution in [3.63, 3.8) is 0 Å². The lowest BCUT2D eigenvalue weighted by Crippen LogP contribution is -2.16. The molecule has 0 amide bonds. The summed E-state index contributed by atoms with van der Waals surface area (Å²) in [6.45, 7) is 0. The van der Waals surface area contributed by atoms with E-state index in [4.69, 9.17) is 23.2 Å². The second-order valence-corrected chi connectivity index (χ2v) is 7.95. The number of hydrogen-bond donors (Lipinski definition) is 1. The SMILES string of the molecule is Clc1cccc(Cl)c1NC1CCCc2sc(Br)cc21. The lowest BCUT2D eigenvalue weighted by Gasteiger charge is -2.25. The molecule has 1 heterocycles. The van der Waals surface area contributed by atoms with Crippen molar-refractivity contribution in [2.45, 2.75) is 25.3 Å². The lowest BCUT2D eigenvalue weighted by molar-refractivity contribution is 0.609. The minimum atomic E-state index is 0.295. The monoisotopic (exact) mass is 375 g/mol. The third-order valence-corrected chi connectivity index (χ3v) is 5.71. The summed E-state index contributed by atoms with van der Waals surface area (Å²) < 4.78 is 1.19. The predicted octanol–water partition coefficient (Wildman–Crippen LogP) is 6.31. The molecule has 0 fully saturated rings. The highest BCUT2D eigenvalue weighted by Gasteiger charge is 2.23. The highest BCUT2D eigenvalue weighted by molar-refractivity contribution is 9.11. The van der Waals surface area contributed by atoms with E-state index in [1.807, 2.05) is 29.5 Å². The average Bonchev–Trinajstić information content (AvgIpc) is 2.75. The molecule has 2 aromatic rings. The number of benzene rings is 1. The first kappa shape index (κ1) is 13.7. The van der Waals surface area contributed by atoms with Crippen LogP contribution in [0.3, 0.4) is 0 Å². The molecule has 100 valence electrons. The summed E-state index contributed by atoms with van der Waals surface area (Å²) in [5, 5.41) is 4.86. The van der Waals surface area contributed by atoms with Crippen LogP contribution in [0, 0.1) is 0 Å². The number of rotatable bonds is 2. The maximum Gasteiger partial charge on any atom is 0.0723 e. The predicted molar refractivity (Wildman–Crippen MR) is 87.8 cm³/mol. The van der Waals surface area contributed by atoms with Crippen molar-refractivity contribution in [2.75, 3.05) is 5.32 Å². The highest BCUT2D eigenvalue weighted by atomic mass is 79.9. The van der Waals surface area contributed by atoms with E-state index in [0.717, 1.165) is 12.1 Å². The van der Waals surface area contributed by atoms with Gasteiger partial charge in [0.05, 0.1) is 25.6 Å². The number of fused-ring (bicyclic) bond motifs is 1. The molecule has 1 aliphatic carbocycles. The Balaban J connectivity index is 1.92. The fourth-order valence-corrected chi connectivity index (χ4v) is 4.81. The van der Waals surface area contributed by atoms with Crippen LogP contribution < -0.4 is 5.32 Å². The van der Waals surface area contributed by atoms with Gasteiger partial charge in [0.25, 0.3) is 0 Å². The van der Waals surface area contributed by atoms with Crippen molar-refractivity contribution in [3.8, 4) is 0 Å². The van der Waals surface area contributed by atoms with Crippen LogP contribution in [0.4, 0.5) is 5.69 Å². The Hall–Kier alpha value is -0.220. The van der Waals surface area contributed by atoms with E-state index in [0.29, 0.717) is 16.1 Å². The topological polar surface area (TPSA) is 12.0 Å². The van der Waals surface area contributed by atoms with Gasteiger partial charge in [0, 0.05) is 4.88 Å². The molecule has 1 aliphatic rings.